The quantitative estimate of drug-likeness (QED) is 0.615. The number of hydrogen-bond acceptors (Lipinski definition) is 4. The van der Waals surface area contributed by atoms with Crippen LogP contribution in [0.1, 0.15) is 28.4 Å². The number of benzene rings is 2. The van der Waals surface area contributed by atoms with Crippen LogP contribution in [0, 0.1) is 17.6 Å². The summed E-state index contributed by atoms with van der Waals surface area (Å²) in [5.74, 6) is -2.97. The first kappa shape index (κ1) is 22.4. The van der Waals surface area contributed by atoms with Crippen molar-refractivity contribution in [3.8, 4) is 0 Å². The van der Waals surface area contributed by atoms with Crippen LogP contribution < -0.4 is 10.9 Å². The van der Waals surface area contributed by atoms with Crippen LogP contribution in [0.3, 0.4) is 0 Å². The van der Waals surface area contributed by atoms with Crippen molar-refractivity contribution >= 4 is 21.6 Å². The Kier molecular flexibility index (Phi) is 5.57. The number of pyridine rings is 1. The lowest BCUT2D eigenvalue weighted by molar-refractivity contribution is 0.101. The molecule has 7 nitrogen and oxygen atoms in total. The second-order valence-corrected chi connectivity index (χ2v) is 10.5. The Labute approximate surface area is 194 Å². The molecule has 1 saturated heterocycles. The number of rotatable bonds is 4. The van der Waals surface area contributed by atoms with E-state index in [1.807, 2.05) is 6.07 Å². The van der Waals surface area contributed by atoms with Gasteiger partial charge in [-0.1, -0.05) is 12.1 Å². The third-order valence-electron chi connectivity index (χ3n) is 6.39. The highest BCUT2D eigenvalue weighted by atomic mass is 32.2. The number of hydrogen-bond donors (Lipinski definition) is 1. The fourth-order valence-corrected chi connectivity index (χ4v) is 6.38. The standard InChI is InChI=1S/C24H21F2N3O4S/c25-19-3-1-4-20(26)23(19)24(31)27-17-7-9-18(10-8-17)34(32,33)28-12-15-11-16(14-28)21-5-2-6-22(30)29(21)13-15/h1-10,15-16H,11-14H2,(H,27,31). The van der Waals surface area contributed by atoms with Gasteiger partial charge in [0.15, 0.2) is 0 Å². The van der Waals surface area contributed by atoms with Crippen molar-refractivity contribution in [2.45, 2.75) is 23.8 Å². The highest BCUT2D eigenvalue weighted by molar-refractivity contribution is 7.89. The second kappa shape index (κ2) is 8.44. The van der Waals surface area contributed by atoms with Crippen LogP contribution in [0.25, 0.3) is 0 Å². The number of piperidine rings is 1. The summed E-state index contributed by atoms with van der Waals surface area (Å²) in [5, 5.41) is 2.39. The number of nitrogens with one attached hydrogen (secondary N) is 1. The number of carbonyl (C=O) groups excluding carboxylic acids is 1. The van der Waals surface area contributed by atoms with E-state index >= 15 is 0 Å². The first-order valence-corrected chi connectivity index (χ1v) is 12.2. The Hall–Kier alpha value is -3.37. The van der Waals surface area contributed by atoms with Crippen molar-refractivity contribution in [3.05, 3.63) is 93.9 Å². The van der Waals surface area contributed by atoms with E-state index in [4.69, 9.17) is 0 Å². The van der Waals surface area contributed by atoms with Crippen LogP contribution in [-0.4, -0.2) is 36.3 Å². The third-order valence-corrected chi connectivity index (χ3v) is 8.23. The summed E-state index contributed by atoms with van der Waals surface area (Å²) in [7, 11) is -3.81. The minimum atomic E-state index is -3.81. The Morgan fingerprint density at radius 1 is 0.912 bits per heavy atom. The summed E-state index contributed by atoms with van der Waals surface area (Å²) in [6, 6.07) is 13.7. The topological polar surface area (TPSA) is 88.5 Å². The Bertz CT molecular complexity index is 1420. The number of halogens is 2. The highest BCUT2D eigenvalue weighted by Gasteiger charge is 2.39. The van der Waals surface area contributed by atoms with Crippen LogP contribution >= 0.6 is 0 Å². The maximum absolute atomic E-state index is 13.8. The third kappa shape index (κ3) is 3.92. The molecule has 2 aromatic carbocycles. The van der Waals surface area contributed by atoms with Crippen LogP contribution in [0.5, 0.6) is 0 Å². The fraction of sp³-hybridized carbons (Fsp3) is 0.250. The maximum atomic E-state index is 13.8. The molecule has 0 radical (unpaired) electrons. The van der Waals surface area contributed by atoms with E-state index in [-0.39, 0.29) is 34.5 Å². The van der Waals surface area contributed by atoms with E-state index in [0.717, 1.165) is 30.3 Å². The van der Waals surface area contributed by atoms with Gasteiger partial charge in [-0.05, 0) is 54.8 Å². The number of carbonyl (C=O) groups is 1. The molecule has 2 aliphatic rings. The van der Waals surface area contributed by atoms with Crippen LogP contribution in [0.4, 0.5) is 14.5 Å². The molecule has 2 bridgehead atoms. The highest BCUT2D eigenvalue weighted by Crippen LogP contribution is 2.37. The van der Waals surface area contributed by atoms with E-state index in [9.17, 15) is 26.8 Å². The predicted octanol–water partition coefficient (Wildman–Crippen LogP) is 3.19. The van der Waals surface area contributed by atoms with Crippen molar-refractivity contribution in [2.24, 2.45) is 5.92 Å². The molecular formula is C24H21F2N3O4S. The molecule has 1 aromatic heterocycles. The molecule has 0 spiro atoms. The van der Waals surface area contributed by atoms with E-state index in [1.54, 1.807) is 10.6 Å². The average Bonchev–Trinajstić information content (AvgIpc) is 2.80. The van der Waals surface area contributed by atoms with Crippen LogP contribution in [0.2, 0.25) is 0 Å². The maximum Gasteiger partial charge on any atom is 0.261 e. The molecule has 34 heavy (non-hydrogen) atoms. The molecule has 2 atom stereocenters. The van der Waals surface area contributed by atoms with E-state index in [0.29, 0.717) is 13.1 Å². The van der Waals surface area contributed by atoms with Gasteiger partial charge in [0.1, 0.15) is 17.2 Å². The van der Waals surface area contributed by atoms with E-state index in [1.165, 1.54) is 34.6 Å². The Morgan fingerprint density at radius 2 is 1.59 bits per heavy atom. The van der Waals surface area contributed by atoms with Gasteiger partial charge in [0.05, 0.1) is 4.90 Å². The first-order valence-electron chi connectivity index (χ1n) is 10.8. The molecule has 2 unspecified atom stereocenters. The summed E-state index contributed by atoms with van der Waals surface area (Å²) in [6.07, 6.45) is 0.826. The zero-order chi connectivity index (χ0) is 24.0. The SMILES string of the molecule is O=C(Nc1ccc(S(=O)(=O)N2CC3CC(C2)c2cccc(=O)n2C3)cc1)c1c(F)cccc1F. The molecule has 0 aliphatic carbocycles. The van der Waals surface area contributed by atoms with Gasteiger partial charge in [-0.25, -0.2) is 17.2 Å². The molecule has 10 heteroatoms. The van der Waals surface area contributed by atoms with Gasteiger partial charge in [0, 0.05) is 43.0 Å². The minimum absolute atomic E-state index is 0.0374. The van der Waals surface area contributed by atoms with Crippen molar-refractivity contribution in [3.63, 3.8) is 0 Å². The number of aromatic nitrogens is 1. The monoisotopic (exact) mass is 485 g/mol. The van der Waals surface area contributed by atoms with Gasteiger partial charge >= 0.3 is 0 Å². The Morgan fingerprint density at radius 3 is 2.29 bits per heavy atom. The number of sulfonamides is 1. The normalized spacial score (nSPS) is 19.9. The lowest BCUT2D eigenvalue weighted by atomic mass is 9.84. The molecule has 2 aliphatic heterocycles. The molecular weight excluding hydrogens is 464 g/mol. The van der Waals surface area contributed by atoms with Gasteiger partial charge in [0.2, 0.25) is 10.0 Å². The zero-order valence-electron chi connectivity index (χ0n) is 17.9. The van der Waals surface area contributed by atoms with Gasteiger partial charge in [-0.15, -0.1) is 0 Å². The van der Waals surface area contributed by atoms with Crippen LogP contribution in [0.15, 0.2) is 70.4 Å². The molecule has 176 valence electrons. The zero-order valence-corrected chi connectivity index (χ0v) is 18.8. The molecule has 1 amide bonds. The van der Waals surface area contributed by atoms with Crippen LogP contribution in [-0.2, 0) is 16.6 Å². The molecule has 0 saturated carbocycles. The summed E-state index contributed by atoms with van der Waals surface area (Å²) >= 11 is 0. The smallest absolute Gasteiger partial charge is 0.261 e. The number of amides is 1. The predicted molar refractivity (Wildman–Crippen MR) is 121 cm³/mol. The van der Waals surface area contributed by atoms with Gasteiger partial charge in [0.25, 0.3) is 11.5 Å². The van der Waals surface area contributed by atoms with Crippen molar-refractivity contribution in [1.29, 1.82) is 0 Å². The Balaban J connectivity index is 1.34. The molecule has 5 rings (SSSR count). The molecule has 1 N–H and O–H groups in total. The number of fused-ring (bicyclic) bond motifs is 4. The number of nitrogens with zero attached hydrogens (tertiary/aromatic N) is 2. The summed E-state index contributed by atoms with van der Waals surface area (Å²) in [4.78, 5) is 24.5. The van der Waals surface area contributed by atoms with E-state index in [2.05, 4.69) is 5.32 Å². The summed E-state index contributed by atoms with van der Waals surface area (Å²) in [6.45, 7) is 1.06. The van der Waals surface area contributed by atoms with Gasteiger partial charge in [-0.3, -0.25) is 9.59 Å². The van der Waals surface area contributed by atoms with E-state index < -0.39 is 33.1 Å². The van der Waals surface area contributed by atoms with Crippen molar-refractivity contribution in [1.82, 2.24) is 8.87 Å². The first-order chi connectivity index (χ1) is 16.2. The van der Waals surface area contributed by atoms with Gasteiger partial charge in [-0.2, -0.15) is 4.31 Å². The second-order valence-electron chi connectivity index (χ2n) is 8.60. The van der Waals surface area contributed by atoms with Gasteiger partial charge < -0.3 is 9.88 Å². The lowest BCUT2D eigenvalue weighted by Gasteiger charge is -2.42. The minimum Gasteiger partial charge on any atom is -0.322 e. The number of anilines is 1. The fourth-order valence-electron chi connectivity index (χ4n) is 4.82. The molecule has 3 aromatic rings. The molecule has 1 fully saturated rings. The van der Waals surface area contributed by atoms with Crippen molar-refractivity contribution < 1.29 is 22.0 Å². The summed E-state index contributed by atoms with van der Waals surface area (Å²) in [5.41, 5.74) is 0.271. The van der Waals surface area contributed by atoms with Crippen molar-refractivity contribution in [2.75, 3.05) is 18.4 Å². The lowest BCUT2D eigenvalue weighted by Crippen LogP contribution is -2.48. The summed E-state index contributed by atoms with van der Waals surface area (Å²) < 4.78 is 57.5. The molecule has 3 heterocycles. The largest absolute Gasteiger partial charge is 0.322 e. The average molecular weight is 486 g/mol.